The van der Waals surface area contributed by atoms with Gasteiger partial charge in [0.2, 0.25) is 0 Å². The van der Waals surface area contributed by atoms with Crippen LogP contribution in [0.5, 0.6) is 0 Å². The van der Waals surface area contributed by atoms with Crippen LogP contribution in [0.3, 0.4) is 0 Å². The maximum Gasteiger partial charge on any atom is 0.111 e. The minimum atomic E-state index is -0.495. The summed E-state index contributed by atoms with van der Waals surface area (Å²) in [6.45, 7) is 1.68. The van der Waals surface area contributed by atoms with Gasteiger partial charge in [0.1, 0.15) is 5.92 Å². The van der Waals surface area contributed by atoms with Gasteiger partial charge in [0.25, 0.3) is 0 Å². The van der Waals surface area contributed by atoms with Gasteiger partial charge in [-0.25, -0.2) is 0 Å². The lowest BCUT2D eigenvalue weighted by Gasteiger charge is -2.04. The third kappa shape index (κ3) is 1.80. The molecule has 0 aromatic carbocycles. The zero-order chi connectivity index (χ0) is 8.97. The highest BCUT2D eigenvalue weighted by molar-refractivity contribution is 5.19. The fraction of sp³-hybridized carbons (Fsp3) is 0.333. The van der Waals surface area contributed by atoms with Gasteiger partial charge >= 0.3 is 0 Å². The Morgan fingerprint density at radius 2 is 2.42 bits per heavy atom. The topological polar surface area (TPSA) is 56.9 Å². The average Bonchev–Trinajstić information content (AvgIpc) is 2.07. The van der Waals surface area contributed by atoms with Gasteiger partial charge in [-0.15, -0.1) is 0 Å². The molecule has 3 nitrogen and oxygen atoms in total. The fourth-order valence-electron chi connectivity index (χ4n) is 0.959. The lowest BCUT2D eigenvalue weighted by atomic mass is 10.1. The van der Waals surface area contributed by atoms with E-state index in [2.05, 4.69) is 4.98 Å². The van der Waals surface area contributed by atoms with Crippen LogP contribution in [0.2, 0.25) is 0 Å². The van der Waals surface area contributed by atoms with Gasteiger partial charge in [-0.05, 0) is 19.1 Å². The van der Waals surface area contributed by atoms with Crippen LogP contribution in [-0.2, 0) is 0 Å². The molecular weight excluding hydrogens is 152 g/mol. The molecule has 62 valence electrons. The van der Waals surface area contributed by atoms with Gasteiger partial charge in [-0.3, -0.25) is 4.98 Å². The van der Waals surface area contributed by atoms with E-state index in [1.54, 1.807) is 6.07 Å². The van der Waals surface area contributed by atoms with Crippen molar-refractivity contribution in [3.63, 3.8) is 0 Å². The molecular formula is C9H10N2O. The van der Waals surface area contributed by atoms with Crippen LogP contribution in [0, 0.1) is 18.3 Å². The van der Waals surface area contributed by atoms with Crippen molar-refractivity contribution in [3.05, 3.63) is 29.6 Å². The van der Waals surface area contributed by atoms with E-state index in [-0.39, 0.29) is 6.61 Å². The summed E-state index contributed by atoms with van der Waals surface area (Å²) in [5.74, 6) is -0.495. The van der Waals surface area contributed by atoms with Crippen molar-refractivity contribution in [3.8, 4) is 6.07 Å². The van der Waals surface area contributed by atoms with Gasteiger partial charge in [0.05, 0.1) is 18.4 Å². The monoisotopic (exact) mass is 162 g/mol. The van der Waals surface area contributed by atoms with Crippen LogP contribution in [0.15, 0.2) is 18.2 Å². The highest BCUT2D eigenvalue weighted by Crippen LogP contribution is 2.11. The first kappa shape index (κ1) is 8.69. The second-order valence-corrected chi connectivity index (χ2v) is 2.57. The summed E-state index contributed by atoms with van der Waals surface area (Å²) in [4.78, 5) is 4.13. The molecule has 0 bridgehead atoms. The largest absolute Gasteiger partial charge is 0.395 e. The molecule has 3 heteroatoms. The van der Waals surface area contributed by atoms with Crippen LogP contribution < -0.4 is 0 Å². The molecule has 0 radical (unpaired) electrons. The zero-order valence-corrected chi connectivity index (χ0v) is 6.86. The number of aliphatic hydroxyl groups is 1. The van der Waals surface area contributed by atoms with Gasteiger partial charge in [-0.1, -0.05) is 6.07 Å². The molecule has 1 rings (SSSR count). The smallest absolute Gasteiger partial charge is 0.111 e. The molecule has 0 fully saturated rings. The molecule has 1 atom stereocenters. The molecule has 0 aliphatic rings. The normalized spacial score (nSPS) is 12.1. The van der Waals surface area contributed by atoms with Crippen molar-refractivity contribution in [1.82, 2.24) is 4.98 Å². The van der Waals surface area contributed by atoms with Gasteiger partial charge in [0, 0.05) is 5.69 Å². The molecule has 0 amide bonds. The van der Waals surface area contributed by atoms with Crippen molar-refractivity contribution in [2.75, 3.05) is 6.61 Å². The number of pyridine rings is 1. The average molecular weight is 162 g/mol. The Morgan fingerprint density at radius 1 is 1.67 bits per heavy atom. The Kier molecular flexibility index (Phi) is 2.78. The number of rotatable bonds is 2. The SMILES string of the molecule is Cc1cccc(C(C#N)CO)n1. The molecule has 0 saturated heterocycles. The first-order valence-electron chi connectivity index (χ1n) is 3.72. The molecule has 0 aliphatic carbocycles. The number of hydrogen-bond donors (Lipinski definition) is 1. The summed E-state index contributed by atoms with van der Waals surface area (Å²) >= 11 is 0. The highest BCUT2D eigenvalue weighted by Gasteiger charge is 2.09. The molecule has 1 aromatic rings. The molecule has 1 heterocycles. The van der Waals surface area contributed by atoms with Crippen LogP contribution in [-0.4, -0.2) is 16.7 Å². The van der Waals surface area contributed by atoms with E-state index in [1.807, 2.05) is 25.1 Å². The predicted molar refractivity (Wildman–Crippen MR) is 44.4 cm³/mol. The molecule has 1 aromatic heterocycles. The van der Waals surface area contributed by atoms with Crippen molar-refractivity contribution < 1.29 is 5.11 Å². The first-order valence-corrected chi connectivity index (χ1v) is 3.72. The summed E-state index contributed by atoms with van der Waals surface area (Å²) in [7, 11) is 0. The van der Waals surface area contributed by atoms with E-state index in [1.165, 1.54) is 0 Å². The standard InChI is InChI=1S/C9H10N2O/c1-7-3-2-4-9(11-7)8(5-10)6-12/h2-4,8,12H,6H2,1H3. The van der Waals surface area contributed by atoms with Gasteiger partial charge in [-0.2, -0.15) is 5.26 Å². The predicted octanol–water partition coefficient (Wildman–Crippen LogP) is 0.989. The fourth-order valence-corrected chi connectivity index (χ4v) is 0.959. The van der Waals surface area contributed by atoms with Crippen LogP contribution in [0.25, 0.3) is 0 Å². The van der Waals surface area contributed by atoms with Crippen molar-refractivity contribution in [1.29, 1.82) is 5.26 Å². The summed E-state index contributed by atoms with van der Waals surface area (Å²) in [5, 5.41) is 17.4. The quantitative estimate of drug-likeness (QED) is 0.705. The molecule has 1 unspecified atom stereocenters. The Labute approximate surface area is 71.3 Å². The third-order valence-electron chi connectivity index (χ3n) is 1.61. The van der Waals surface area contributed by atoms with E-state index >= 15 is 0 Å². The lowest BCUT2D eigenvalue weighted by molar-refractivity contribution is 0.284. The zero-order valence-electron chi connectivity index (χ0n) is 6.86. The molecule has 0 spiro atoms. The van der Waals surface area contributed by atoms with Crippen molar-refractivity contribution in [2.45, 2.75) is 12.8 Å². The summed E-state index contributed by atoms with van der Waals surface area (Å²) in [5.41, 5.74) is 1.50. The highest BCUT2D eigenvalue weighted by atomic mass is 16.3. The number of aliphatic hydroxyl groups excluding tert-OH is 1. The molecule has 0 aliphatic heterocycles. The number of nitriles is 1. The molecule has 1 N–H and O–H groups in total. The third-order valence-corrected chi connectivity index (χ3v) is 1.61. The van der Waals surface area contributed by atoms with E-state index in [0.29, 0.717) is 5.69 Å². The number of aryl methyl sites for hydroxylation is 1. The minimum absolute atomic E-state index is 0.174. The number of aromatic nitrogens is 1. The van der Waals surface area contributed by atoms with Gasteiger partial charge < -0.3 is 5.11 Å². The summed E-state index contributed by atoms with van der Waals surface area (Å²) in [6, 6.07) is 7.42. The lowest BCUT2D eigenvalue weighted by Crippen LogP contribution is -2.03. The van der Waals surface area contributed by atoms with Crippen molar-refractivity contribution >= 4 is 0 Å². The summed E-state index contributed by atoms with van der Waals surface area (Å²) < 4.78 is 0. The number of nitrogens with zero attached hydrogens (tertiary/aromatic N) is 2. The van der Waals surface area contributed by atoms with E-state index in [0.717, 1.165) is 5.69 Å². The molecule has 0 saturated carbocycles. The second-order valence-electron chi connectivity index (χ2n) is 2.57. The van der Waals surface area contributed by atoms with E-state index in [9.17, 15) is 0 Å². The van der Waals surface area contributed by atoms with Crippen LogP contribution in [0.1, 0.15) is 17.3 Å². The maximum atomic E-state index is 8.81. The van der Waals surface area contributed by atoms with Crippen LogP contribution >= 0.6 is 0 Å². The second kappa shape index (κ2) is 3.84. The first-order chi connectivity index (χ1) is 5.77. The van der Waals surface area contributed by atoms with E-state index < -0.39 is 5.92 Å². The Hall–Kier alpha value is -1.40. The Balaban J connectivity index is 2.95. The Bertz CT molecular complexity index is 304. The minimum Gasteiger partial charge on any atom is -0.395 e. The van der Waals surface area contributed by atoms with Crippen LogP contribution in [0.4, 0.5) is 0 Å². The maximum absolute atomic E-state index is 8.81. The molecule has 12 heavy (non-hydrogen) atoms. The van der Waals surface area contributed by atoms with E-state index in [4.69, 9.17) is 10.4 Å². The number of hydrogen-bond acceptors (Lipinski definition) is 3. The van der Waals surface area contributed by atoms with Crippen molar-refractivity contribution in [2.24, 2.45) is 0 Å². The Morgan fingerprint density at radius 3 is 2.92 bits per heavy atom. The summed E-state index contributed by atoms with van der Waals surface area (Å²) in [6.07, 6.45) is 0. The van der Waals surface area contributed by atoms with Gasteiger partial charge in [0.15, 0.2) is 0 Å².